The van der Waals surface area contributed by atoms with E-state index in [0.29, 0.717) is 35.8 Å². The first-order valence-corrected chi connectivity index (χ1v) is 8.53. The number of rotatable bonds is 2. The van der Waals surface area contributed by atoms with Crippen molar-refractivity contribution in [3.05, 3.63) is 40.4 Å². The quantitative estimate of drug-likeness (QED) is 0.719. The van der Waals surface area contributed by atoms with E-state index in [1.807, 2.05) is 6.92 Å². The van der Waals surface area contributed by atoms with Crippen molar-refractivity contribution < 1.29 is 4.74 Å². The molecule has 0 bridgehead atoms. The van der Waals surface area contributed by atoms with Crippen LogP contribution in [-0.2, 0) is 4.74 Å². The molecule has 3 aromatic heterocycles. The number of aromatic nitrogens is 4. The topological polar surface area (TPSA) is 122 Å². The number of hydrogen-bond acceptors (Lipinski definition) is 7. The monoisotopic (exact) mass is 352 g/mol. The maximum atomic E-state index is 13.3. The molecule has 8 heteroatoms. The Hall–Kier alpha value is -3.00. The number of nitrogens with zero attached hydrogens (tertiary/aromatic N) is 4. The fourth-order valence-electron chi connectivity index (χ4n) is 3.41. The van der Waals surface area contributed by atoms with Crippen LogP contribution in [0.4, 0.5) is 11.8 Å². The van der Waals surface area contributed by atoms with Gasteiger partial charge in [-0.2, -0.15) is 4.98 Å². The second kappa shape index (κ2) is 6.38. The Kier molecular flexibility index (Phi) is 4.04. The van der Waals surface area contributed by atoms with Crippen LogP contribution in [0, 0.1) is 6.92 Å². The minimum Gasteiger partial charge on any atom is -0.384 e. The zero-order valence-electron chi connectivity index (χ0n) is 14.5. The molecule has 1 aliphatic heterocycles. The second-order valence-corrected chi connectivity index (χ2v) is 6.48. The summed E-state index contributed by atoms with van der Waals surface area (Å²) in [5, 5.41) is 0.788. The Morgan fingerprint density at radius 3 is 2.81 bits per heavy atom. The Morgan fingerprint density at radius 1 is 1.27 bits per heavy atom. The summed E-state index contributed by atoms with van der Waals surface area (Å²) in [5.74, 6) is 0.560. The number of nitrogens with two attached hydrogens (primary N) is 2. The second-order valence-electron chi connectivity index (χ2n) is 6.48. The number of aryl methyl sites for hydroxylation is 1. The van der Waals surface area contributed by atoms with Gasteiger partial charge in [0, 0.05) is 29.3 Å². The Bertz CT molecular complexity index is 1020. The number of nitrogen functional groups attached to an aromatic ring is 2. The van der Waals surface area contributed by atoms with Gasteiger partial charge in [0.15, 0.2) is 0 Å². The van der Waals surface area contributed by atoms with Crippen LogP contribution in [0.15, 0.2) is 29.2 Å². The van der Waals surface area contributed by atoms with E-state index in [2.05, 4.69) is 15.0 Å². The first kappa shape index (κ1) is 16.5. The van der Waals surface area contributed by atoms with Crippen LogP contribution >= 0.6 is 0 Å². The lowest BCUT2D eigenvalue weighted by molar-refractivity contribution is 0.0594. The number of hydrogen-bond donors (Lipinski definition) is 2. The summed E-state index contributed by atoms with van der Waals surface area (Å²) in [5.41, 5.74) is 13.9. The van der Waals surface area contributed by atoms with Gasteiger partial charge < -0.3 is 16.2 Å². The van der Waals surface area contributed by atoms with Gasteiger partial charge in [0.05, 0.1) is 18.3 Å². The molecule has 0 amide bonds. The van der Waals surface area contributed by atoms with E-state index in [9.17, 15) is 4.79 Å². The SMILES string of the molecule is Cc1nc(N)nc2c1cc(-c1ccc(N)nc1)c(=O)n2C1CCCOC1. The van der Waals surface area contributed by atoms with Crippen molar-refractivity contribution in [1.82, 2.24) is 19.5 Å². The highest BCUT2D eigenvalue weighted by Crippen LogP contribution is 2.27. The number of fused-ring (bicyclic) bond motifs is 1. The highest BCUT2D eigenvalue weighted by Gasteiger charge is 2.23. The first-order chi connectivity index (χ1) is 12.5. The molecular weight excluding hydrogens is 332 g/mol. The highest BCUT2D eigenvalue weighted by molar-refractivity contribution is 5.84. The van der Waals surface area contributed by atoms with Gasteiger partial charge in [0.1, 0.15) is 11.5 Å². The molecular formula is C18H20N6O2. The highest BCUT2D eigenvalue weighted by atomic mass is 16.5. The average molecular weight is 352 g/mol. The average Bonchev–Trinajstić information content (AvgIpc) is 2.63. The summed E-state index contributed by atoms with van der Waals surface area (Å²) in [6, 6.07) is 5.19. The molecule has 26 heavy (non-hydrogen) atoms. The summed E-state index contributed by atoms with van der Waals surface area (Å²) < 4.78 is 7.30. The molecule has 4 N–H and O–H groups in total. The van der Waals surface area contributed by atoms with E-state index >= 15 is 0 Å². The van der Waals surface area contributed by atoms with Crippen LogP contribution in [0.2, 0.25) is 0 Å². The molecule has 1 unspecified atom stereocenters. The summed E-state index contributed by atoms with van der Waals surface area (Å²) >= 11 is 0. The largest absolute Gasteiger partial charge is 0.384 e. The molecule has 0 spiro atoms. The van der Waals surface area contributed by atoms with Crippen molar-refractivity contribution in [3.63, 3.8) is 0 Å². The van der Waals surface area contributed by atoms with Crippen molar-refractivity contribution in [2.45, 2.75) is 25.8 Å². The van der Waals surface area contributed by atoms with E-state index in [4.69, 9.17) is 16.2 Å². The molecule has 1 atom stereocenters. The van der Waals surface area contributed by atoms with Crippen LogP contribution in [-0.4, -0.2) is 32.7 Å². The predicted molar refractivity (Wildman–Crippen MR) is 99.7 cm³/mol. The summed E-state index contributed by atoms with van der Waals surface area (Å²) in [4.78, 5) is 26.1. The molecule has 1 fully saturated rings. The molecule has 1 aliphatic rings. The minimum absolute atomic E-state index is 0.0888. The van der Waals surface area contributed by atoms with E-state index in [1.165, 1.54) is 0 Å². The molecule has 0 saturated carbocycles. The Labute approximate surface area is 149 Å². The standard InChI is InChI=1S/C18H20N6O2/c1-10-13-7-14(11-4-5-15(19)21-8-11)17(25)24(12-3-2-6-26-9-12)16(13)23-18(20)22-10/h4-5,7-8,12H,2-3,6,9H2,1H3,(H2,19,21)(H2,20,22,23). The fourth-order valence-corrected chi connectivity index (χ4v) is 3.41. The van der Waals surface area contributed by atoms with Gasteiger partial charge >= 0.3 is 0 Å². The van der Waals surface area contributed by atoms with E-state index < -0.39 is 0 Å². The van der Waals surface area contributed by atoms with Gasteiger partial charge in [-0.1, -0.05) is 0 Å². The van der Waals surface area contributed by atoms with Crippen molar-refractivity contribution >= 4 is 22.8 Å². The molecule has 3 aromatic rings. The summed E-state index contributed by atoms with van der Waals surface area (Å²) in [6.07, 6.45) is 3.35. The zero-order chi connectivity index (χ0) is 18.3. The van der Waals surface area contributed by atoms with Gasteiger partial charge in [-0.15, -0.1) is 0 Å². The Balaban J connectivity index is 2.03. The molecule has 4 heterocycles. The van der Waals surface area contributed by atoms with Gasteiger partial charge in [0.2, 0.25) is 5.95 Å². The first-order valence-electron chi connectivity index (χ1n) is 8.53. The fraction of sp³-hybridized carbons (Fsp3) is 0.333. The smallest absolute Gasteiger partial charge is 0.260 e. The van der Waals surface area contributed by atoms with E-state index in [0.717, 1.165) is 23.9 Å². The number of anilines is 2. The molecule has 1 saturated heterocycles. The number of pyridine rings is 2. The lowest BCUT2D eigenvalue weighted by Gasteiger charge is -2.26. The molecule has 4 rings (SSSR count). The maximum absolute atomic E-state index is 13.3. The summed E-state index contributed by atoms with van der Waals surface area (Å²) in [6.45, 7) is 3.04. The molecule has 0 aliphatic carbocycles. The van der Waals surface area contributed by atoms with Gasteiger partial charge in [-0.05, 0) is 38.0 Å². The van der Waals surface area contributed by atoms with E-state index in [1.54, 1.807) is 29.0 Å². The molecule has 134 valence electrons. The lowest BCUT2D eigenvalue weighted by Crippen LogP contribution is -2.32. The van der Waals surface area contributed by atoms with Crippen molar-refractivity contribution in [3.8, 4) is 11.1 Å². The van der Waals surface area contributed by atoms with Crippen molar-refractivity contribution in [1.29, 1.82) is 0 Å². The van der Waals surface area contributed by atoms with Crippen LogP contribution in [0.1, 0.15) is 24.6 Å². The third-order valence-corrected chi connectivity index (χ3v) is 4.70. The van der Waals surface area contributed by atoms with Crippen LogP contribution in [0.5, 0.6) is 0 Å². The minimum atomic E-state index is -0.142. The van der Waals surface area contributed by atoms with E-state index in [-0.39, 0.29) is 17.5 Å². The van der Waals surface area contributed by atoms with Gasteiger partial charge in [0.25, 0.3) is 5.56 Å². The normalized spacial score (nSPS) is 17.5. The van der Waals surface area contributed by atoms with Gasteiger partial charge in [-0.3, -0.25) is 9.36 Å². The van der Waals surface area contributed by atoms with Crippen molar-refractivity contribution in [2.75, 3.05) is 24.7 Å². The van der Waals surface area contributed by atoms with Crippen molar-refractivity contribution in [2.24, 2.45) is 0 Å². The lowest BCUT2D eigenvalue weighted by atomic mass is 10.0. The van der Waals surface area contributed by atoms with Crippen LogP contribution in [0.25, 0.3) is 22.2 Å². The third-order valence-electron chi connectivity index (χ3n) is 4.70. The zero-order valence-corrected chi connectivity index (χ0v) is 14.5. The van der Waals surface area contributed by atoms with Gasteiger partial charge in [-0.25, -0.2) is 9.97 Å². The summed E-state index contributed by atoms with van der Waals surface area (Å²) in [7, 11) is 0. The predicted octanol–water partition coefficient (Wildman–Crippen LogP) is 1.68. The molecule has 0 aromatic carbocycles. The molecule has 0 radical (unpaired) electrons. The third kappa shape index (κ3) is 2.78. The number of ether oxygens (including phenoxy) is 1. The maximum Gasteiger partial charge on any atom is 0.260 e. The molecule has 8 nitrogen and oxygen atoms in total. The van der Waals surface area contributed by atoms with Crippen LogP contribution < -0.4 is 17.0 Å². The van der Waals surface area contributed by atoms with Crippen LogP contribution in [0.3, 0.4) is 0 Å². The Morgan fingerprint density at radius 2 is 2.12 bits per heavy atom.